The molecule has 2 N–H and O–H groups in total. The predicted molar refractivity (Wildman–Crippen MR) is 107 cm³/mol. The van der Waals surface area contributed by atoms with Crippen molar-refractivity contribution in [2.45, 2.75) is 52.1 Å². The zero-order chi connectivity index (χ0) is 18.9. The van der Waals surface area contributed by atoms with E-state index in [1.54, 1.807) is 7.05 Å². The van der Waals surface area contributed by atoms with Crippen LogP contribution in [-0.4, -0.2) is 73.8 Å². The van der Waals surface area contributed by atoms with Crippen molar-refractivity contribution in [3.63, 3.8) is 0 Å². The van der Waals surface area contributed by atoms with Gasteiger partial charge in [-0.2, -0.15) is 0 Å². The van der Waals surface area contributed by atoms with Crippen LogP contribution in [0, 0.1) is 0 Å². The summed E-state index contributed by atoms with van der Waals surface area (Å²) in [5, 5.41) is 11.0. The Hall–Kier alpha value is -1.60. The second-order valence-corrected chi connectivity index (χ2v) is 7.23. The van der Waals surface area contributed by atoms with Gasteiger partial charge in [0.1, 0.15) is 0 Å². The smallest absolute Gasteiger partial charge is 0.191 e. The Bertz CT molecular complexity index is 546. The van der Waals surface area contributed by atoms with Crippen LogP contribution in [0.15, 0.2) is 15.6 Å². The minimum absolute atomic E-state index is 0.481. The van der Waals surface area contributed by atoms with Gasteiger partial charge < -0.3 is 20.1 Å². The van der Waals surface area contributed by atoms with Gasteiger partial charge in [0, 0.05) is 57.8 Å². The Kier molecular flexibility index (Phi) is 8.38. The van der Waals surface area contributed by atoms with Crippen molar-refractivity contribution in [1.29, 1.82) is 0 Å². The highest BCUT2D eigenvalue weighted by atomic mass is 16.5. The van der Waals surface area contributed by atoms with Gasteiger partial charge in [-0.05, 0) is 26.8 Å². The van der Waals surface area contributed by atoms with Gasteiger partial charge >= 0.3 is 0 Å². The number of aromatic nitrogens is 1. The molecule has 1 aliphatic rings. The molecule has 0 spiro atoms. The van der Waals surface area contributed by atoms with Crippen molar-refractivity contribution in [3.05, 3.63) is 17.5 Å². The minimum atomic E-state index is 0.481. The van der Waals surface area contributed by atoms with Crippen molar-refractivity contribution >= 4 is 5.96 Å². The molecule has 148 valence electrons. The maximum Gasteiger partial charge on any atom is 0.191 e. The molecule has 0 radical (unpaired) electrons. The summed E-state index contributed by atoms with van der Waals surface area (Å²) in [6.07, 6.45) is 2.17. The molecule has 0 saturated carbocycles. The number of piperazine rings is 1. The fraction of sp³-hybridized carbons (Fsp3) is 0.789. The second kappa shape index (κ2) is 10.5. The zero-order valence-corrected chi connectivity index (χ0v) is 17.1. The number of likely N-dealkylation sites (N-methyl/N-ethyl adjacent to an activating group) is 1. The van der Waals surface area contributed by atoms with Gasteiger partial charge in [0.2, 0.25) is 0 Å². The van der Waals surface area contributed by atoms with Gasteiger partial charge in [0.15, 0.2) is 11.7 Å². The molecule has 1 fully saturated rings. The summed E-state index contributed by atoms with van der Waals surface area (Å²) in [4.78, 5) is 9.22. The standard InChI is InChI=1S/C19H36N6O/c1-6-16(7-2)18-12-17(26-23-18)14-22-19(20-4)21-13-15(3)25-10-8-24(5)9-11-25/h12,15-16H,6-11,13-14H2,1-5H3,(H2,20,21,22). The van der Waals surface area contributed by atoms with Crippen LogP contribution in [-0.2, 0) is 6.54 Å². The molecule has 7 heteroatoms. The Morgan fingerprint density at radius 1 is 1.23 bits per heavy atom. The first-order valence-corrected chi connectivity index (χ1v) is 9.89. The Morgan fingerprint density at radius 3 is 2.54 bits per heavy atom. The fourth-order valence-electron chi connectivity index (χ4n) is 3.34. The van der Waals surface area contributed by atoms with Crippen molar-refractivity contribution in [2.75, 3.05) is 46.8 Å². The molecule has 1 aromatic heterocycles. The third-order valence-electron chi connectivity index (χ3n) is 5.36. The number of guanidine groups is 1. The molecule has 1 saturated heterocycles. The average Bonchev–Trinajstić information content (AvgIpc) is 3.12. The van der Waals surface area contributed by atoms with Crippen LogP contribution in [0.5, 0.6) is 0 Å². The maximum absolute atomic E-state index is 5.47. The van der Waals surface area contributed by atoms with Crippen LogP contribution in [0.1, 0.15) is 51.0 Å². The summed E-state index contributed by atoms with van der Waals surface area (Å²) >= 11 is 0. The van der Waals surface area contributed by atoms with Crippen molar-refractivity contribution in [3.8, 4) is 0 Å². The Balaban J connectivity index is 1.75. The molecule has 1 aromatic rings. The van der Waals surface area contributed by atoms with Crippen molar-refractivity contribution in [2.24, 2.45) is 4.99 Å². The second-order valence-electron chi connectivity index (χ2n) is 7.23. The van der Waals surface area contributed by atoms with E-state index in [1.165, 1.54) is 0 Å². The molecule has 7 nitrogen and oxygen atoms in total. The highest BCUT2D eigenvalue weighted by Crippen LogP contribution is 2.22. The number of hydrogen-bond donors (Lipinski definition) is 2. The average molecular weight is 365 g/mol. The van der Waals surface area contributed by atoms with E-state index in [2.05, 4.69) is 64.5 Å². The van der Waals surface area contributed by atoms with Gasteiger partial charge in [-0.15, -0.1) is 0 Å². The summed E-state index contributed by atoms with van der Waals surface area (Å²) in [6.45, 7) is 12.6. The highest BCUT2D eigenvalue weighted by Gasteiger charge is 2.19. The SMILES string of the molecule is CCC(CC)c1cc(CNC(=NC)NCC(C)N2CCN(C)CC2)on1. The Morgan fingerprint density at radius 2 is 1.92 bits per heavy atom. The molecule has 2 heterocycles. The number of aliphatic imine (C=N–C) groups is 1. The van der Waals surface area contributed by atoms with E-state index in [4.69, 9.17) is 4.52 Å². The summed E-state index contributed by atoms with van der Waals surface area (Å²) in [7, 11) is 3.98. The summed E-state index contributed by atoms with van der Waals surface area (Å²) in [5.41, 5.74) is 1.05. The van der Waals surface area contributed by atoms with E-state index in [-0.39, 0.29) is 0 Å². The number of hydrogen-bond acceptors (Lipinski definition) is 5. The summed E-state index contributed by atoms with van der Waals surface area (Å²) in [6, 6.07) is 2.54. The maximum atomic E-state index is 5.47. The number of rotatable bonds is 8. The monoisotopic (exact) mass is 364 g/mol. The summed E-state index contributed by atoms with van der Waals surface area (Å²) in [5.74, 6) is 2.13. The van der Waals surface area contributed by atoms with Crippen molar-refractivity contribution < 1.29 is 4.52 Å². The van der Waals surface area contributed by atoms with Crippen LogP contribution in [0.4, 0.5) is 0 Å². The first-order valence-electron chi connectivity index (χ1n) is 9.89. The van der Waals surface area contributed by atoms with E-state index in [0.29, 0.717) is 18.5 Å². The molecular weight excluding hydrogens is 328 g/mol. The number of nitrogens with zero attached hydrogens (tertiary/aromatic N) is 4. The zero-order valence-electron chi connectivity index (χ0n) is 17.1. The lowest BCUT2D eigenvalue weighted by molar-refractivity contribution is 0.120. The lowest BCUT2D eigenvalue weighted by Crippen LogP contribution is -2.52. The van der Waals surface area contributed by atoms with Crippen LogP contribution in [0.2, 0.25) is 0 Å². The van der Waals surface area contributed by atoms with Gasteiger partial charge in [-0.3, -0.25) is 9.89 Å². The van der Waals surface area contributed by atoms with E-state index < -0.39 is 0 Å². The highest BCUT2D eigenvalue weighted by molar-refractivity contribution is 5.79. The van der Waals surface area contributed by atoms with Crippen LogP contribution < -0.4 is 10.6 Å². The third kappa shape index (κ3) is 5.99. The Labute approximate surface area is 158 Å². The molecule has 0 aliphatic carbocycles. The normalized spacial score (nSPS) is 18.3. The number of nitrogens with one attached hydrogen (secondary N) is 2. The minimum Gasteiger partial charge on any atom is -0.359 e. The largest absolute Gasteiger partial charge is 0.359 e. The van der Waals surface area contributed by atoms with Gasteiger partial charge in [-0.25, -0.2) is 0 Å². The van der Waals surface area contributed by atoms with Gasteiger partial charge in [0.25, 0.3) is 0 Å². The first-order chi connectivity index (χ1) is 12.6. The predicted octanol–water partition coefficient (Wildman–Crippen LogP) is 1.88. The van der Waals surface area contributed by atoms with Crippen LogP contribution >= 0.6 is 0 Å². The van der Waals surface area contributed by atoms with E-state index in [9.17, 15) is 0 Å². The van der Waals surface area contributed by atoms with Gasteiger partial charge in [0.05, 0.1) is 12.2 Å². The molecule has 1 atom stereocenters. The lowest BCUT2D eigenvalue weighted by atomic mass is 9.99. The first kappa shape index (κ1) is 20.7. The van der Waals surface area contributed by atoms with E-state index >= 15 is 0 Å². The lowest BCUT2D eigenvalue weighted by Gasteiger charge is -2.36. The quantitative estimate of drug-likeness (QED) is 0.542. The van der Waals surface area contributed by atoms with E-state index in [0.717, 1.165) is 63.0 Å². The molecule has 0 aromatic carbocycles. The molecule has 1 unspecified atom stereocenters. The molecule has 0 bridgehead atoms. The molecule has 2 rings (SSSR count). The van der Waals surface area contributed by atoms with Crippen molar-refractivity contribution in [1.82, 2.24) is 25.6 Å². The van der Waals surface area contributed by atoms with E-state index in [1.807, 2.05) is 0 Å². The molecule has 26 heavy (non-hydrogen) atoms. The van der Waals surface area contributed by atoms with Crippen LogP contribution in [0.25, 0.3) is 0 Å². The van der Waals surface area contributed by atoms with Gasteiger partial charge in [-0.1, -0.05) is 19.0 Å². The topological polar surface area (TPSA) is 68.9 Å². The summed E-state index contributed by atoms with van der Waals surface area (Å²) < 4.78 is 5.47. The molecule has 0 amide bonds. The van der Waals surface area contributed by atoms with Crippen LogP contribution in [0.3, 0.4) is 0 Å². The fourth-order valence-corrected chi connectivity index (χ4v) is 3.34. The third-order valence-corrected chi connectivity index (χ3v) is 5.36. The molecular formula is C19H36N6O. The molecule has 1 aliphatic heterocycles.